The van der Waals surface area contributed by atoms with Gasteiger partial charge in [0.25, 0.3) is 0 Å². The van der Waals surface area contributed by atoms with Gasteiger partial charge in [-0.3, -0.25) is 0 Å². The third kappa shape index (κ3) is 69.9. The third-order valence-corrected chi connectivity index (χ3v) is 0. The van der Waals surface area contributed by atoms with Gasteiger partial charge < -0.3 is 22.0 Å². The predicted molar refractivity (Wildman–Crippen MR) is 22.6 cm³/mol. The molecule has 0 aromatic carbocycles. The maximum absolute atomic E-state index is 7.33. The van der Waals surface area contributed by atoms with E-state index in [0.29, 0.717) is 0 Å². The molecule has 0 amide bonds. The van der Waals surface area contributed by atoms with E-state index in [9.17, 15) is 0 Å². The summed E-state index contributed by atoms with van der Waals surface area (Å²) < 4.78 is 0. The Hall–Kier alpha value is 2.06. The van der Waals surface area contributed by atoms with Crippen LogP contribution in [0.2, 0.25) is 0 Å². The molecule has 0 unspecified atom stereocenters. The molecule has 0 aliphatic carbocycles. The van der Waals surface area contributed by atoms with Crippen LogP contribution in [0.15, 0.2) is 0 Å². The van der Waals surface area contributed by atoms with Crippen LogP contribution in [0.4, 0.5) is 0 Å². The largest absolute Gasteiger partial charge is 2.00 e. The molecule has 0 aromatic rings. The maximum atomic E-state index is 7.33. The SMILES string of the molecule is O[Si](O)(O)O.[Au].[Ca+2].[H-].[H-]. The zero-order valence-electron chi connectivity index (χ0n) is 5.30. The zero-order valence-corrected chi connectivity index (χ0v) is 8.67. The maximum Gasteiger partial charge on any atom is 2.00 e. The minimum Gasteiger partial charge on any atom is -1.00 e. The van der Waals surface area contributed by atoms with E-state index < -0.39 is 9.05 Å². The molecule has 0 atom stereocenters. The summed E-state index contributed by atoms with van der Waals surface area (Å²) in [7, 11) is -4.61. The van der Waals surface area contributed by atoms with E-state index in [1.165, 1.54) is 0 Å². The van der Waals surface area contributed by atoms with E-state index >= 15 is 0 Å². The second kappa shape index (κ2) is 6.18. The summed E-state index contributed by atoms with van der Waals surface area (Å²) >= 11 is 0. The van der Waals surface area contributed by atoms with Crippen molar-refractivity contribution in [3.05, 3.63) is 0 Å². The van der Waals surface area contributed by atoms with E-state index in [4.69, 9.17) is 19.2 Å². The van der Waals surface area contributed by atoms with Crippen molar-refractivity contribution in [1.82, 2.24) is 0 Å². The van der Waals surface area contributed by atoms with Crippen LogP contribution in [0.5, 0.6) is 0 Å². The second-order valence-corrected chi connectivity index (χ2v) is 1.80. The molecule has 0 rings (SSSR count). The van der Waals surface area contributed by atoms with Crippen LogP contribution in [-0.4, -0.2) is 66.0 Å². The molecular weight excluding hydrogens is 329 g/mol. The molecule has 0 saturated carbocycles. The van der Waals surface area contributed by atoms with E-state index in [-0.39, 0.29) is 63.0 Å². The average molecular weight is 335 g/mol. The minimum atomic E-state index is -4.61. The number of hydrogen-bond donors (Lipinski definition) is 4. The standard InChI is InChI=1S/Au.Ca.H4O4Si.2H/c;;1-5(2,3)4;;/h;;1-4H;;/q;+2;;2*-1. The molecule has 0 aliphatic heterocycles. The fourth-order valence-corrected chi connectivity index (χ4v) is 0. The third-order valence-electron chi connectivity index (χ3n) is 0. The molecule has 0 fully saturated rings. The Morgan fingerprint density at radius 3 is 1.00 bits per heavy atom. The fraction of sp³-hybridized carbons (Fsp3) is 0. The summed E-state index contributed by atoms with van der Waals surface area (Å²) in [6, 6.07) is 0. The summed E-state index contributed by atoms with van der Waals surface area (Å²) in [5.74, 6) is 0. The Balaban J connectivity index is -0.0000000133. The summed E-state index contributed by atoms with van der Waals surface area (Å²) in [6.45, 7) is 0. The van der Waals surface area contributed by atoms with Gasteiger partial charge in [0.15, 0.2) is 0 Å². The van der Waals surface area contributed by atoms with Gasteiger partial charge in [0.2, 0.25) is 0 Å². The van der Waals surface area contributed by atoms with E-state index in [1.54, 1.807) is 0 Å². The normalized spacial score (nSPS) is 8.57. The Kier molecular flexibility index (Phi) is 14.2. The van der Waals surface area contributed by atoms with Crippen LogP contribution in [0, 0.1) is 0 Å². The van der Waals surface area contributed by atoms with Gasteiger partial charge in [-0.1, -0.05) is 0 Å². The first kappa shape index (κ1) is 16.0. The van der Waals surface area contributed by atoms with Crippen molar-refractivity contribution in [2.45, 2.75) is 0 Å². The molecule has 0 heterocycles. The summed E-state index contributed by atoms with van der Waals surface area (Å²) in [5, 5.41) is 0. The van der Waals surface area contributed by atoms with Crippen molar-refractivity contribution in [2.24, 2.45) is 0 Å². The number of hydrogen-bond acceptors (Lipinski definition) is 4. The monoisotopic (exact) mass is 335 g/mol. The van der Waals surface area contributed by atoms with Crippen LogP contribution in [0.25, 0.3) is 0 Å². The van der Waals surface area contributed by atoms with Gasteiger partial charge in [0, 0.05) is 22.4 Å². The quantitative estimate of drug-likeness (QED) is 0.362. The molecule has 0 saturated heterocycles. The summed E-state index contributed by atoms with van der Waals surface area (Å²) in [6.07, 6.45) is 0. The topological polar surface area (TPSA) is 80.9 Å². The van der Waals surface area contributed by atoms with E-state index in [2.05, 4.69) is 0 Å². The van der Waals surface area contributed by atoms with Crippen molar-refractivity contribution < 1.29 is 44.4 Å². The fourth-order valence-electron chi connectivity index (χ4n) is 0. The van der Waals surface area contributed by atoms with E-state index in [1.807, 2.05) is 0 Å². The van der Waals surface area contributed by atoms with Gasteiger partial charge in [-0.2, -0.15) is 0 Å². The Labute approximate surface area is 90.1 Å². The molecule has 0 aliphatic rings. The Bertz CT molecular complexity index is 34.0. The molecule has 0 bridgehead atoms. The molecule has 7 heteroatoms. The first-order valence-electron chi connectivity index (χ1n) is 0.894. The van der Waals surface area contributed by atoms with Gasteiger partial charge >= 0.3 is 46.8 Å². The molecule has 0 spiro atoms. The predicted octanol–water partition coefficient (Wildman–Crippen LogP) is -2.77. The Morgan fingerprint density at radius 2 is 1.00 bits per heavy atom. The van der Waals surface area contributed by atoms with Gasteiger partial charge in [0.05, 0.1) is 0 Å². The van der Waals surface area contributed by atoms with Crippen LogP contribution < -0.4 is 0 Å². The number of rotatable bonds is 0. The van der Waals surface area contributed by atoms with Crippen molar-refractivity contribution >= 4 is 46.8 Å². The Morgan fingerprint density at radius 1 is 1.00 bits per heavy atom. The summed E-state index contributed by atoms with van der Waals surface area (Å²) in [4.78, 5) is 29.3. The van der Waals surface area contributed by atoms with Gasteiger partial charge in [-0.05, 0) is 0 Å². The molecule has 4 nitrogen and oxygen atoms in total. The zero-order chi connectivity index (χ0) is 4.50. The minimum absolute atomic E-state index is 0. The van der Waals surface area contributed by atoms with Crippen molar-refractivity contribution in [1.29, 1.82) is 0 Å². The van der Waals surface area contributed by atoms with Crippen LogP contribution >= 0.6 is 0 Å². The molecular formula is H6AuCaO4Si. The second-order valence-electron chi connectivity index (χ2n) is 0.600. The molecule has 1 radical (unpaired) electrons. The first-order valence-corrected chi connectivity index (χ1v) is 2.68. The van der Waals surface area contributed by atoms with Crippen molar-refractivity contribution in [3.63, 3.8) is 0 Å². The van der Waals surface area contributed by atoms with Crippen molar-refractivity contribution in [3.8, 4) is 0 Å². The van der Waals surface area contributed by atoms with Gasteiger partial charge in [0.1, 0.15) is 0 Å². The van der Waals surface area contributed by atoms with Gasteiger partial charge in [-0.25, -0.2) is 0 Å². The van der Waals surface area contributed by atoms with Crippen LogP contribution in [0.3, 0.4) is 0 Å². The van der Waals surface area contributed by atoms with Crippen molar-refractivity contribution in [2.75, 3.05) is 0 Å². The molecule has 4 N–H and O–H groups in total. The van der Waals surface area contributed by atoms with Gasteiger partial charge in [-0.15, -0.1) is 0 Å². The molecule has 0 aromatic heterocycles. The first-order chi connectivity index (χ1) is 2.00. The molecule has 7 heavy (non-hydrogen) atoms. The van der Waals surface area contributed by atoms with Crippen LogP contribution in [-0.2, 0) is 22.4 Å². The average Bonchev–Trinajstić information content (AvgIpc) is 0.722. The smallest absolute Gasteiger partial charge is 1.00 e. The van der Waals surface area contributed by atoms with E-state index in [0.717, 1.165) is 0 Å². The molecule has 47 valence electrons. The summed E-state index contributed by atoms with van der Waals surface area (Å²) in [5.41, 5.74) is 0. The van der Waals surface area contributed by atoms with Crippen LogP contribution in [0.1, 0.15) is 2.85 Å².